The van der Waals surface area contributed by atoms with Crippen LogP contribution in [0, 0.1) is 0 Å². The normalized spacial score (nSPS) is 12.8. The van der Waals surface area contributed by atoms with Crippen LogP contribution in [0.1, 0.15) is 6.92 Å². The third kappa shape index (κ3) is 8.41. The Hall–Kier alpha value is -0.770. The molecule has 0 aliphatic rings. The molecule has 0 atom stereocenters. The smallest absolute Gasteiger partial charge is 0.377 e. The molecule has 0 aliphatic carbocycles. The summed E-state index contributed by atoms with van der Waals surface area (Å²) in [5.74, 6) is -17.3. The van der Waals surface area contributed by atoms with Crippen LogP contribution in [0.3, 0.4) is 0 Å². The minimum atomic E-state index is -6.06. The van der Waals surface area contributed by atoms with Gasteiger partial charge >= 0.3 is 24.2 Å². The molecule has 0 rings (SSSR count). The van der Waals surface area contributed by atoms with Crippen LogP contribution in [0.2, 0.25) is 0 Å². The fourth-order valence-electron chi connectivity index (χ4n) is 0.430. The van der Waals surface area contributed by atoms with E-state index in [-0.39, 0.29) is 12.3 Å². The van der Waals surface area contributed by atoms with E-state index in [9.17, 15) is 35.1 Å². The Morgan fingerprint density at radius 2 is 1.10 bits per heavy atom. The van der Waals surface area contributed by atoms with Crippen LogP contribution in [0.15, 0.2) is 0 Å². The van der Waals surface area contributed by atoms with Crippen molar-refractivity contribution in [2.24, 2.45) is 0 Å². The van der Waals surface area contributed by atoms with E-state index in [1.165, 1.54) is 0 Å². The summed E-state index contributed by atoms with van der Waals surface area (Å²) in [7, 11) is -5.17. The highest BCUT2D eigenvalue weighted by Gasteiger charge is 2.73. The second kappa shape index (κ2) is 7.87. The van der Waals surface area contributed by atoms with Crippen LogP contribution >= 0.6 is 0 Å². The average molecular weight is 348 g/mol. The number of alkyl halides is 8. The minimum absolute atomic E-state index is 0. The van der Waals surface area contributed by atoms with Gasteiger partial charge in [-0.05, 0) is 0 Å². The third-order valence-electron chi connectivity index (χ3n) is 1.24. The van der Waals surface area contributed by atoms with Crippen LogP contribution in [0.5, 0.6) is 0 Å². The number of halogens is 8. The number of hydrogen-bond acceptors (Lipinski definition) is 4. The van der Waals surface area contributed by atoms with Crippen molar-refractivity contribution in [2.45, 2.75) is 31.1 Å². The molecule has 0 spiro atoms. The molecule has 8 N–H and O–H groups in total. The molecule has 6 nitrogen and oxygen atoms in total. The zero-order valence-electron chi connectivity index (χ0n) is 10.1. The van der Waals surface area contributed by atoms with Gasteiger partial charge in [-0.1, -0.05) is 0 Å². The molecular formula is C5H12F8N2O4S. The molecule has 128 valence electrons. The highest BCUT2D eigenvalue weighted by atomic mass is 32.3. The molecule has 0 bridgehead atoms. The van der Waals surface area contributed by atoms with Crippen LogP contribution < -0.4 is 12.3 Å². The summed E-state index contributed by atoms with van der Waals surface area (Å²) in [5, 5.41) is 0. The number of hydrogen-bond donors (Lipinski definition) is 2. The Bertz CT molecular complexity index is 360. The Kier molecular flexibility index (Phi) is 10.8. The van der Waals surface area contributed by atoms with Gasteiger partial charge in [-0.2, -0.15) is 26.3 Å². The van der Waals surface area contributed by atoms with Crippen molar-refractivity contribution in [2.75, 3.05) is 0 Å². The maximum Gasteiger partial charge on any atom is 0.377 e. The highest BCUT2D eigenvalue weighted by Crippen LogP contribution is 2.47. The first-order valence-corrected chi connectivity index (χ1v) is 4.86. The van der Waals surface area contributed by atoms with Gasteiger partial charge in [0, 0.05) is 17.3 Å². The summed E-state index contributed by atoms with van der Waals surface area (Å²) in [6, 6.07) is 0. The van der Waals surface area contributed by atoms with Crippen molar-refractivity contribution < 1.29 is 52.6 Å². The summed E-state index contributed by atoms with van der Waals surface area (Å²) in [4.78, 5) is 0. The Morgan fingerprint density at radius 1 is 0.900 bits per heavy atom. The lowest BCUT2D eigenvalue weighted by Crippen LogP contribution is -2.56. The van der Waals surface area contributed by atoms with Gasteiger partial charge in [0.05, 0.1) is 0 Å². The lowest BCUT2D eigenvalue weighted by Gasteiger charge is -2.29. The van der Waals surface area contributed by atoms with E-state index in [1.807, 2.05) is 0 Å². The maximum atomic E-state index is 12.0. The molecule has 0 saturated heterocycles. The standard InChI is InChI=1S/C5H4F8.2H3N.H2O4S/c1-3(8,9)5(12,13)4(10,11)2(6)7;;;1-5(2,3)4/h2H,1H3;2*1H3;(H2,1,2,3,4). The van der Waals surface area contributed by atoms with Crippen molar-refractivity contribution in [3.05, 3.63) is 0 Å². The highest BCUT2D eigenvalue weighted by molar-refractivity contribution is 7.79. The summed E-state index contributed by atoms with van der Waals surface area (Å²) < 4.78 is 128. The second-order valence-corrected chi connectivity index (χ2v) is 3.61. The third-order valence-corrected chi connectivity index (χ3v) is 1.24. The molecule has 0 radical (unpaired) electrons. The van der Waals surface area contributed by atoms with Crippen LogP contribution in [-0.2, 0) is 10.4 Å². The molecule has 0 amide bonds. The van der Waals surface area contributed by atoms with E-state index in [1.54, 1.807) is 0 Å². The molecule has 0 aromatic heterocycles. The average Bonchev–Trinajstić information content (AvgIpc) is 1.97. The molecule has 0 aromatic rings. The molecule has 0 aromatic carbocycles. The second-order valence-electron chi connectivity index (χ2n) is 2.79. The number of quaternary nitrogens is 2. The van der Waals surface area contributed by atoms with Crippen LogP contribution in [0.4, 0.5) is 35.1 Å². The SMILES string of the molecule is CC(F)(F)C(F)(F)C(F)(F)C(F)F.O=S(=O)([O-])[O-].[NH4+].[NH4+]. The van der Waals surface area contributed by atoms with Crippen LogP contribution in [-0.4, -0.2) is 41.7 Å². The minimum Gasteiger partial charge on any atom is -0.759 e. The summed E-state index contributed by atoms with van der Waals surface area (Å²) in [6.45, 7) is -0.552. The van der Waals surface area contributed by atoms with Gasteiger partial charge in [-0.25, -0.2) is 8.78 Å². The number of rotatable bonds is 3. The molecule has 0 aliphatic heterocycles. The van der Waals surface area contributed by atoms with E-state index in [0.29, 0.717) is 0 Å². The lowest BCUT2D eigenvalue weighted by atomic mass is 10.1. The van der Waals surface area contributed by atoms with Crippen molar-refractivity contribution in [1.29, 1.82) is 0 Å². The van der Waals surface area contributed by atoms with Gasteiger partial charge in [-0.15, -0.1) is 0 Å². The Balaban J connectivity index is -0.000000158. The molecule has 20 heavy (non-hydrogen) atoms. The van der Waals surface area contributed by atoms with E-state index < -0.39 is 41.5 Å². The Labute approximate surface area is 107 Å². The molecular weight excluding hydrogens is 336 g/mol. The maximum absolute atomic E-state index is 12.0. The summed E-state index contributed by atoms with van der Waals surface area (Å²) in [5.41, 5.74) is 0. The van der Waals surface area contributed by atoms with Crippen molar-refractivity contribution in [3.8, 4) is 0 Å². The lowest BCUT2D eigenvalue weighted by molar-refractivity contribution is -0.333. The fourth-order valence-corrected chi connectivity index (χ4v) is 0.430. The zero-order chi connectivity index (χ0) is 15.6. The van der Waals surface area contributed by atoms with Gasteiger partial charge in [0.15, 0.2) is 0 Å². The molecule has 0 saturated carbocycles. The quantitative estimate of drug-likeness (QED) is 0.457. The molecule has 0 unspecified atom stereocenters. The van der Waals surface area contributed by atoms with E-state index in [2.05, 4.69) is 0 Å². The Morgan fingerprint density at radius 3 is 1.15 bits per heavy atom. The first kappa shape index (κ1) is 27.6. The zero-order valence-corrected chi connectivity index (χ0v) is 11.0. The van der Waals surface area contributed by atoms with Crippen molar-refractivity contribution >= 4 is 10.4 Å². The predicted octanol–water partition coefficient (Wildman–Crippen LogP) is 2.59. The topological polar surface area (TPSA) is 153 Å². The van der Waals surface area contributed by atoms with E-state index >= 15 is 0 Å². The van der Waals surface area contributed by atoms with E-state index in [4.69, 9.17) is 17.5 Å². The summed E-state index contributed by atoms with van der Waals surface area (Å²) in [6.07, 6.45) is -4.84. The largest absolute Gasteiger partial charge is 0.759 e. The first-order chi connectivity index (χ1) is 7.44. The van der Waals surface area contributed by atoms with Crippen molar-refractivity contribution in [3.63, 3.8) is 0 Å². The van der Waals surface area contributed by atoms with E-state index in [0.717, 1.165) is 0 Å². The van der Waals surface area contributed by atoms with Gasteiger partial charge in [0.2, 0.25) is 0 Å². The van der Waals surface area contributed by atoms with Crippen LogP contribution in [0.25, 0.3) is 0 Å². The first-order valence-electron chi connectivity index (χ1n) is 3.53. The monoisotopic (exact) mass is 348 g/mol. The van der Waals surface area contributed by atoms with Gasteiger partial charge in [0.25, 0.3) is 0 Å². The fraction of sp³-hybridized carbons (Fsp3) is 1.00. The van der Waals surface area contributed by atoms with Gasteiger partial charge < -0.3 is 21.4 Å². The molecule has 0 heterocycles. The van der Waals surface area contributed by atoms with Crippen molar-refractivity contribution in [1.82, 2.24) is 12.3 Å². The molecule has 15 heteroatoms. The van der Waals surface area contributed by atoms with Gasteiger partial charge in [-0.3, -0.25) is 8.42 Å². The predicted molar refractivity (Wildman–Crippen MR) is 49.0 cm³/mol. The van der Waals surface area contributed by atoms with Gasteiger partial charge in [0.1, 0.15) is 0 Å². The molecule has 0 fully saturated rings. The summed E-state index contributed by atoms with van der Waals surface area (Å²) >= 11 is 0.